The maximum atomic E-state index is 4.18. The quantitative estimate of drug-likeness (QED) is 0.398. The molecule has 5 aliphatic rings. The van der Waals surface area contributed by atoms with E-state index in [1.54, 1.807) is 19.3 Å². The van der Waals surface area contributed by atoms with Crippen molar-refractivity contribution in [2.75, 3.05) is 0 Å². The summed E-state index contributed by atoms with van der Waals surface area (Å²) in [5, 5.41) is 0. The van der Waals surface area contributed by atoms with Gasteiger partial charge in [-0.1, -0.05) is 64.2 Å². The van der Waals surface area contributed by atoms with Crippen LogP contribution in [-0.2, 0) is 0 Å². The molecule has 0 amide bonds. The minimum absolute atomic E-state index is 0.478. The van der Waals surface area contributed by atoms with Crippen molar-refractivity contribution in [1.29, 1.82) is 0 Å². The molecule has 0 radical (unpaired) electrons. The van der Waals surface area contributed by atoms with Gasteiger partial charge in [0.2, 0.25) is 0 Å². The van der Waals surface area contributed by atoms with E-state index in [-0.39, 0.29) is 0 Å². The summed E-state index contributed by atoms with van der Waals surface area (Å²) in [7, 11) is 0. The number of rotatable bonds is 5. The maximum absolute atomic E-state index is 4.18. The Labute approximate surface area is 187 Å². The Hall–Kier alpha value is -0.520. The zero-order valence-electron chi connectivity index (χ0n) is 20.5. The Balaban J connectivity index is 1.56. The van der Waals surface area contributed by atoms with Gasteiger partial charge >= 0.3 is 0 Å². The zero-order chi connectivity index (χ0) is 21.1. The number of allylic oxidation sites excluding steroid dienone is 3. The molecule has 3 saturated carbocycles. The van der Waals surface area contributed by atoms with Gasteiger partial charge in [-0.15, -0.1) is 6.58 Å². The van der Waals surface area contributed by atoms with Crippen LogP contribution in [0.5, 0.6) is 0 Å². The molecule has 0 aliphatic heterocycles. The smallest absolute Gasteiger partial charge is 0.00483 e. The van der Waals surface area contributed by atoms with E-state index >= 15 is 0 Å². The summed E-state index contributed by atoms with van der Waals surface area (Å²) < 4.78 is 0. The van der Waals surface area contributed by atoms with Gasteiger partial charge in [0.1, 0.15) is 0 Å². The molecule has 0 nitrogen and oxygen atoms in total. The van der Waals surface area contributed by atoms with E-state index in [9.17, 15) is 0 Å². The van der Waals surface area contributed by atoms with E-state index in [2.05, 4.69) is 45.9 Å². The molecule has 0 bridgehead atoms. The van der Waals surface area contributed by atoms with Crippen LogP contribution in [0.2, 0.25) is 0 Å². The second kappa shape index (κ2) is 7.81. The Morgan fingerprint density at radius 2 is 1.93 bits per heavy atom. The minimum Gasteiger partial charge on any atom is -0.103 e. The first-order valence-corrected chi connectivity index (χ1v) is 13.8. The van der Waals surface area contributed by atoms with E-state index < -0.39 is 0 Å². The van der Waals surface area contributed by atoms with Crippen molar-refractivity contribution in [2.24, 2.45) is 52.3 Å². The Morgan fingerprint density at radius 1 is 1.10 bits per heavy atom. The molecule has 5 rings (SSSR count). The Kier molecular flexibility index (Phi) is 5.55. The molecule has 168 valence electrons. The van der Waals surface area contributed by atoms with Crippen LogP contribution in [0.3, 0.4) is 0 Å². The van der Waals surface area contributed by atoms with Gasteiger partial charge in [-0.2, -0.15) is 0 Å². The fourth-order valence-electron chi connectivity index (χ4n) is 9.63. The third-order valence-electron chi connectivity index (χ3n) is 11.2. The molecular formula is C30H48. The van der Waals surface area contributed by atoms with Crippen LogP contribution >= 0.6 is 0 Å². The maximum Gasteiger partial charge on any atom is -0.00483 e. The van der Waals surface area contributed by atoms with E-state index in [0.717, 1.165) is 41.4 Å². The van der Waals surface area contributed by atoms with Crippen molar-refractivity contribution in [3.63, 3.8) is 0 Å². The van der Waals surface area contributed by atoms with E-state index in [4.69, 9.17) is 0 Å². The average Bonchev–Trinajstić information content (AvgIpc) is 3.44. The summed E-state index contributed by atoms with van der Waals surface area (Å²) in [5.74, 6) is 6.77. The largest absolute Gasteiger partial charge is 0.103 e. The molecule has 0 heterocycles. The molecule has 0 aromatic rings. The van der Waals surface area contributed by atoms with Gasteiger partial charge in [-0.3, -0.25) is 0 Å². The normalized spacial score (nSPS) is 49.9. The lowest BCUT2D eigenvalue weighted by Gasteiger charge is -2.54. The molecule has 9 atom stereocenters. The van der Waals surface area contributed by atoms with Gasteiger partial charge < -0.3 is 0 Å². The van der Waals surface area contributed by atoms with Gasteiger partial charge in [0, 0.05) is 0 Å². The van der Waals surface area contributed by atoms with Gasteiger partial charge in [-0.25, -0.2) is 0 Å². The standard InChI is InChI=1S/C30H48/c1-6-9-22-12-14-29(5,13-7-2)19-27-25-11-10-24-18-30(24)17-21(8-3)15-23(28(25)30)16-26(27)20(22)4/h7,20-24,26-27H,2,6,8-19H2,1,3-5H3. The lowest BCUT2D eigenvalue weighted by Crippen LogP contribution is -2.44. The first-order chi connectivity index (χ1) is 14.4. The van der Waals surface area contributed by atoms with Crippen LogP contribution in [-0.4, -0.2) is 0 Å². The number of hydrogen-bond donors (Lipinski definition) is 0. The molecule has 3 fully saturated rings. The predicted molar refractivity (Wildman–Crippen MR) is 129 cm³/mol. The summed E-state index contributed by atoms with van der Waals surface area (Å²) >= 11 is 0. The van der Waals surface area contributed by atoms with Gasteiger partial charge in [0.05, 0.1) is 0 Å². The highest BCUT2D eigenvalue weighted by molar-refractivity contribution is 5.41. The summed E-state index contributed by atoms with van der Waals surface area (Å²) in [6.07, 6.45) is 21.2. The number of hydrogen-bond acceptors (Lipinski definition) is 0. The molecular weight excluding hydrogens is 360 g/mol. The van der Waals surface area contributed by atoms with Gasteiger partial charge in [0.15, 0.2) is 0 Å². The average molecular weight is 409 g/mol. The summed E-state index contributed by atoms with van der Waals surface area (Å²) in [6.45, 7) is 14.4. The lowest BCUT2D eigenvalue weighted by molar-refractivity contribution is 0.0450. The molecule has 0 saturated heterocycles. The molecule has 5 aliphatic carbocycles. The highest BCUT2D eigenvalue weighted by atomic mass is 14.7. The summed E-state index contributed by atoms with van der Waals surface area (Å²) in [4.78, 5) is 0. The van der Waals surface area contributed by atoms with Crippen molar-refractivity contribution in [2.45, 2.75) is 111 Å². The topological polar surface area (TPSA) is 0 Å². The Morgan fingerprint density at radius 3 is 2.67 bits per heavy atom. The summed E-state index contributed by atoms with van der Waals surface area (Å²) in [5.41, 5.74) is 5.31. The fourth-order valence-corrected chi connectivity index (χ4v) is 9.63. The molecule has 0 heteroatoms. The first kappa shape index (κ1) is 21.3. The van der Waals surface area contributed by atoms with E-state index in [1.165, 1.54) is 64.2 Å². The molecule has 1 spiro atoms. The second-order valence-electron chi connectivity index (χ2n) is 12.9. The highest BCUT2D eigenvalue weighted by Gasteiger charge is 2.64. The lowest BCUT2D eigenvalue weighted by atomic mass is 9.51. The van der Waals surface area contributed by atoms with Crippen LogP contribution in [0.4, 0.5) is 0 Å². The van der Waals surface area contributed by atoms with Crippen LogP contribution in [0.25, 0.3) is 0 Å². The molecule has 0 aromatic heterocycles. The molecule has 0 N–H and O–H groups in total. The van der Waals surface area contributed by atoms with E-state index in [0.29, 0.717) is 10.8 Å². The first-order valence-electron chi connectivity index (χ1n) is 13.8. The fraction of sp³-hybridized carbons (Fsp3) is 0.867. The van der Waals surface area contributed by atoms with Crippen molar-refractivity contribution >= 4 is 0 Å². The van der Waals surface area contributed by atoms with Gasteiger partial charge in [-0.05, 0) is 116 Å². The van der Waals surface area contributed by atoms with Crippen LogP contribution in [0.1, 0.15) is 111 Å². The van der Waals surface area contributed by atoms with Gasteiger partial charge in [0.25, 0.3) is 0 Å². The summed E-state index contributed by atoms with van der Waals surface area (Å²) in [6, 6.07) is 0. The number of fused-ring (bicyclic) bond motifs is 2. The van der Waals surface area contributed by atoms with Crippen LogP contribution in [0.15, 0.2) is 23.8 Å². The SMILES string of the molecule is C=CCC1(C)CCC(CCC)C(C)C2CC3CC(CC)CC45CC4CCC(=C35)C2C1. The zero-order valence-corrected chi connectivity index (χ0v) is 20.5. The second-order valence-corrected chi connectivity index (χ2v) is 12.9. The minimum atomic E-state index is 0.478. The third-order valence-corrected chi connectivity index (χ3v) is 11.2. The van der Waals surface area contributed by atoms with Crippen molar-refractivity contribution in [1.82, 2.24) is 0 Å². The van der Waals surface area contributed by atoms with Crippen molar-refractivity contribution in [3.05, 3.63) is 23.8 Å². The molecule has 9 unspecified atom stereocenters. The Bertz CT molecular complexity index is 699. The molecule has 0 aromatic carbocycles. The van der Waals surface area contributed by atoms with Crippen molar-refractivity contribution < 1.29 is 0 Å². The highest BCUT2D eigenvalue weighted by Crippen LogP contribution is 2.74. The van der Waals surface area contributed by atoms with Crippen LogP contribution in [0, 0.1) is 52.3 Å². The van der Waals surface area contributed by atoms with Crippen LogP contribution < -0.4 is 0 Å². The predicted octanol–water partition coefficient (Wildman–Crippen LogP) is 8.97. The van der Waals surface area contributed by atoms with E-state index in [1.807, 2.05) is 5.57 Å². The third kappa shape index (κ3) is 3.29. The van der Waals surface area contributed by atoms with Crippen molar-refractivity contribution in [3.8, 4) is 0 Å². The monoisotopic (exact) mass is 408 g/mol. The molecule has 30 heavy (non-hydrogen) atoms.